The van der Waals surface area contributed by atoms with Crippen molar-refractivity contribution in [3.8, 4) is 0 Å². The van der Waals surface area contributed by atoms with E-state index < -0.39 is 5.54 Å². The van der Waals surface area contributed by atoms with Crippen molar-refractivity contribution in [2.24, 2.45) is 5.73 Å². The number of anilines is 1. The molecule has 22 heavy (non-hydrogen) atoms. The van der Waals surface area contributed by atoms with Gasteiger partial charge >= 0.3 is 0 Å². The summed E-state index contributed by atoms with van der Waals surface area (Å²) in [4.78, 5) is 16.7. The average molecular weight is 344 g/mol. The van der Waals surface area contributed by atoms with Crippen molar-refractivity contribution in [1.29, 1.82) is 0 Å². The summed E-state index contributed by atoms with van der Waals surface area (Å²) < 4.78 is 0. The van der Waals surface area contributed by atoms with Gasteiger partial charge in [0.1, 0.15) is 0 Å². The molecule has 4 nitrogen and oxygen atoms in total. The largest absolute Gasteiger partial charge is 0.324 e. The molecule has 2 aromatic rings. The number of hydrogen-bond donors (Lipinski definition) is 2. The molecule has 0 aliphatic heterocycles. The lowest BCUT2D eigenvalue weighted by atomic mass is 9.96. The summed E-state index contributed by atoms with van der Waals surface area (Å²) in [5.41, 5.74) is 7.96. The summed E-state index contributed by atoms with van der Waals surface area (Å²) in [5, 5.41) is 3.87. The third-order valence-electron chi connectivity index (χ3n) is 3.51. The van der Waals surface area contributed by atoms with Crippen LogP contribution >= 0.6 is 24.8 Å². The Bertz CT molecular complexity index is 644. The Labute approximate surface area is 143 Å². The zero-order valence-electron chi connectivity index (χ0n) is 13.1. The van der Waals surface area contributed by atoms with Gasteiger partial charge < -0.3 is 11.1 Å². The molecular formula is C16H23Cl2N3O. The smallest absolute Gasteiger partial charge is 0.244 e. The Balaban J connectivity index is 0.00000220. The third kappa shape index (κ3) is 4.32. The van der Waals surface area contributed by atoms with Crippen LogP contribution in [0.4, 0.5) is 5.69 Å². The van der Waals surface area contributed by atoms with Gasteiger partial charge in [-0.3, -0.25) is 9.78 Å². The zero-order valence-corrected chi connectivity index (χ0v) is 14.7. The molecule has 1 atom stereocenters. The lowest BCUT2D eigenvalue weighted by molar-refractivity contribution is -0.120. The van der Waals surface area contributed by atoms with Crippen LogP contribution in [0.3, 0.4) is 0 Å². The first-order valence-electron chi connectivity index (χ1n) is 6.90. The number of halogens is 2. The van der Waals surface area contributed by atoms with Crippen LogP contribution in [0.2, 0.25) is 0 Å². The van der Waals surface area contributed by atoms with E-state index in [1.807, 2.05) is 38.1 Å². The van der Waals surface area contributed by atoms with E-state index in [1.54, 1.807) is 13.1 Å². The number of benzene rings is 1. The third-order valence-corrected chi connectivity index (χ3v) is 3.51. The lowest BCUT2D eigenvalue weighted by Crippen LogP contribution is -2.48. The van der Waals surface area contributed by atoms with Gasteiger partial charge in [0.2, 0.25) is 5.91 Å². The number of nitrogens with two attached hydrogens (primary N) is 1. The Morgan fingerprint density at radius 1 is 1.32 bits per heavy atom. The standard InChI is InChI=1S/C16H21N3O.2ClH/c1-4-9-16(3,17)15(20)19-13-8-7-11(2)14-12(13)6-5-10-18-14;;/h5-8,10H,4,9,17H2,1-3H3,(H,19,20);2*1H. The molecule has 2 rings (SSSR count). The van der Waals surface area contributed by atoms with Gasteiger partial charge in [0.05, 0.1) is 16.7 Å². The number of hydrogen-bond acceptors (Lipinski definition) is 3. The molecule has 0 radical (unpaired) electrons. The maximum absolute atomic E-state index is 12.3. The second-order valence-corrected chi connectivity index (χ2v) is 5.45. The van der Waals surface area contributed by atoms with Gasteiger partial charge in [-0.1, -0.05) is 19.4 Å². The van der Waals surface area contributed by atoms with E-state index in [2.05, 4.69) is 10.3 Å². The first-order valence-corrected chi connectivity index (χ1v) is 6.90. The van der Waals surface area contributed by atoms with Crippen molar-refractivity contribution in [1.82, 2.24) is 4.98 Å². The maximum Gasteiger partial charge on any atom is 0.244 e. The number of carbonyl (C=O) groups is 1. The van der Waals surface area contributed by atoms with Crippen molar-refractivity contribution >= 4 is 47.3 Å². The van der Waals surface area contributed by atoms with Crippen LogP contribution in [0, 0.1) is 6.92 Å². The quantitative estimate of drug-likeness (QED) is 0.885. The molecule has 122 valence electrons. The highest BCUT2D eigenvalue weighted by molar-refractivity contribution is 6.04. The zero-order chi connectivity index (χ0) is 14.8. The molecule has 0 fully saturated rings. The van der Waals surface area contributed by atoms with Crippen LogP contribution in [0.25, 0.3) is 10.9 Å². The molecule has 3 N–H and O–H groups in total. The SMILES string of the molecule is CCCC(C)(N)C(=O)Nc1ccc(C)c2ncccc12.Cl.Cl. The number of amides is 1. The summed E-state index contributed by atoms with van der Waals surface area (Å²) in [7, 11) is 0. The molecule has 0 spiro atoms. The number of nitrogens with one attached hydrogen (secondary N) is 1. The number of fused-ring (bicyclic) bond motifs is 1. The van der Waals surface area contributed by atoms with Crippen LogP contribution < -0.4 is 11.1 Å². The predicted molar refractivity (Wildman–Crippen MR) is 97.1 cm³/mol. The monoisotopic (exact) mass is 343 g/mol. The average Bonchev–Trinajstić information content (AvgIpc) is 2.42. The van der Waals surface area contributed by atoms with Crippen LogP contribution in [0.5, 0.6) is 0 Å². The van der Waals surface area contributed by atoms with Crippen molar-refractivity contribution < 1.29 is 4.79 Å². The highest BCUT2D eigenvalue weighted by Crippen LogP contribution is 2.25. The number of carbonyl (C=O) groups excluding carboxylic acids is 1. The molecule has 0 aliphatic rings. The van der Waals surface area contributed by atoms with Crippen molar-refractivity contribution in [3.05, 3.63) is 36.0 Å². The molecule has 0 saturated carbocycles. The fourth-order valence-corrected chi connectivity index (χ4v) is 2.32. The highest BCUT2D eigenvalue weighted by Gasteiger charge is 2.27. The number of pyridine rings is 1. The van der Waals surface area contributed by atoms with Gasteiger partial charge in [-0.15, -0.1) is 24.8 Å². The van der Waals surface area contributed by atoms with E-state index in [0.29, 0.717) is 6.42 Å². The van der Waals surface area contributed by atoms with E-state index in [4.69, 9.17) is 5.73 Å². The second kappa shape index (κ2) is 8.32. The van der Waals surface area contributed by atoms with Crippen molar-refractivity contribution in [2.45, 2.75) is 39.2 Å². The maximum atomic E-state index is 12.3. The topological polar surface area (TPSA) is 68.0 Å². The van der Waals surface area contributed by atoms with Crippen LogP contribution in [-0.4, -0.2) is 16.4 Å². The number of aromatic nitrogens is 1. The molecule has 1 aromatic carbocycles. The molecule has 1 amide bonds. The summed E-state index contributed by atoms with van der Waals surface area (Å²) >= 11 is 0. The highest BCUT2D eigenvalue weighted by atomic mass is 35.5. The normalized spacial score (nSPS) is 12.7. The molecule has 1 unspecified atom stereocenters. The molecule has 0 aliphatic carbocycles. The molecule has 1 heterocycles. The van der Waals surface area contributed by atoms with E-state index in [-0.39, 0.29) is 30.7 Å². The van der Waals surface area contributed by atoms with Gasteiger partial charge in [-0.05, 0) is 44.0 Å². The molecule has 0 bridgehead atoms. The lowest BCUT2D eigenvalue weighted by Gasteiger charge is -2.23. The summed E-state index contributed by atoms with van der Waals surface area (Å²) in [6, 6.07) is 7.68. The van der Waals surface area contributed by atoms with Gasteiger partial charge in [-0.2, -0.15) is 0 Å². The molecule has 6 heteroatoms. The fraction of sp³-hybridized carbons (Fsp3) is 0.375. The van der Waals surface area contributed by atoms with Gasteiger partial charge in [0, 0.05) is 11.6 Å². The summed E-state index contributed by atoms with van der Waals surface area (Å²) in [6.45, 7) is 5.79. The summed E-state index contributed by atoms with van der Waals surface area (Å²) in [6.07, 6.45) is 3.28. The minimum atomic E-state index is -0.853. The number of nitrogens with zero attached hydrogens (tertiary/aromatic N) is 1. The van der Waals surface area contributed by atoms with Crippen molar-refractivity contribution in [2.75, 3.05) is 5.32 Å². The van der Waals surface area contributed by atoms with Crippen LogP contribution in [0.15, 0.2) is 30.5 Å². The molecule has 1 aromatic heterocycles. The number of rotatable bonds is 4. The molecule has 0 saturated heterocycles. The predicted octanol–water partition coefficient (Wildman–Crippen LogP) is 3.84. The van der Waals surface area contributed by atoms with E-state index >= 15 is 0 Å². The minimum absolute atomic E-state index is 0. The van der Waals surface area contributed by atoms with Gasteiger partial charge in [0.15, 0.2) is 0 Å². The Kier molecular flexibility index (Phi) is 7.81. The Hall–Kier alpha value is -1.36. The van der Waals surface area contributed by atoms with Gasteiger partial charge in [0.25, 0.3) is 0 Å². The first-order chi connectivity index (χ1) is 9.45. The number of aryl methyl sites for hydroxylation is 1. The Morgan fingerprint density at radius 3 is 2.64 bits per heavy atom. The van der Waals surface area contributed by atoms with Crippen LogP contribution in [-0.2, 0) is 4.79 Å². The van der Waals surface area contributed by atoms with Gasteiger partial charge in [-0.25, -0.2) is 0 Å². The van der Waals surface area contributed by atoms with E-state index in [1.165, 1.54) is 0 Å². The molecular weight excluding hydrogens is 321 g/mol. The Morgan fingerprint density at radius 2 is 2.00 bits per heavy atom. The second-order valence-electron chi connectivity index (χ2n) is 5.45. The summed E-state index contributed by atoms with van der Waals surface area (Å²) in [5.74, 6) is -0.159. The van der Waals surface area contributed by atoms with E-state index in [9.17, 15) is 4.79 Å². The first kappa shape index (κ1) is 20.6. The van der Waals surface area contributed by atoms with E-state index in [0.717, 1.165) is 28.6 Å². The minimum Gasteiger partial charge on any atom is -0.324 e. The van der Waals surface area contributed by atoms with Crippen LogP contribution in [0.1, 0.15) is 32.3 Å². The fourth-order valence-electron chi connectivity index (χ4n) is 2.32. The van der Waals surface area contributed by atoms with Crippen molar-refractivity contribution in [3.63, 3.8) is 0 Å².